The third-order valence-corrected chi connectivity index (χ3v) is 2.46. The van der Waals surface area contributed by atoms with Gasteiger partial charge < -0.3 is 10.3 Å². The highest BCUT2D eigenvalue weighted by Gasteiger charge is 2.27. The summed E-state index contributed by atoms with van der Waals surface area (Å²) in [5.41, 5.74) is 0. The Balaban J connectivity index is 2.46. The number of aliphatic imine (C=N–C) groups is 1. The standard InChI is InChI=1S/C9H14N3O3/c1-6-11-5-7(9(14)12(6)15)3-4-8(13)10-2/h6-7,11H,2-5H2,1H3/q-1/t6?,7-/m0/s1. The van der Waals surface area contributed by atoms with Gasteiger partial charge in [-0.25, -0.2) is 4.99 Å². The molecule has 0 bridgehead atoms. The second kappa shape index (κ2) is 4.99. The first kappa shape index (κ1) is 11.8. The van der Waals surface area contributed by atoms with Crippen LogP contribution in [0.2, 0.25) is 0 Å². The number of hydroxylamine groups is 2. The Kier molecular flexibility index (Phi) is 3.93. The van der Waals surface area contributed by atoms with Gasteiger partial charge in [0.1, 0.15) is 0 Å². The number of carbonyl (C=O) groups excluding carboxylic acids is 2. The van der Waals surface area contributed by atoms with Crippen LogP contribution >= 0.6 is 0 Å². The predicted octanol–water partition coefficient (Wildman–Crippen LogP) is -0.114. The number of nitrogens with one attached hydrogen (secondary N) is 1. The SMILES string of the molecule is C=NC(=O)CC[C@H]1CNC(C)N([O-])C1=O. The second-order valence-corrected chi connectivity index (χ2v) is 3.54. The van der Waals surface area contributed by atoms with Crippen molar-refractivity contribution in [3.63, 3.8) is 0 Å². The Labute approximate surface area is 87.9 Å². The van der Waals surface area contributed by atoms with Gasteiger partial charge in [-0.05, 0) is 20.1 Å². The summed E-state index contributed by atoms with van der Waals surface area (Å²) in [4.78, 5) is 25.5. The maximum absolute atomic E-state index is 11.5. The van der Waals surface area contributed by atoms with Gasteiger partial charge in [-0.3, -0.25) is 14.9 Å². The highest BCUT2D eigenvalue weighted by atomic mass is 16.5. The largest absolute Gasteiger partial charge is 0.755 e. The van der Waals surface area contributed by atoms with E-state index in [4.69, 9.17) is 0 Å². The smallest absolute Gasteiger partial charge is 0.245 e. The summed E-state index contributed by atoms with van der Waals surface area (Å²) in [6.07, 6.45) is 0.0147. The first-order chi connectivity index (χ1) is 7.06. The molecule has 0 radical (unpaired) electrons. The molecule has 2 atom stereocenters. The lowest BCUT2D eigenvalue weighted by molar-refractivity contribution is -0.138. The van der Waals surface area contributed by atoms with Crippen LogP contribution < -0.4 is 5.32 Å². The molecular formula is C9H14N3O3-. The van der Waals surface area contributed by atoms with E-state index in [0.717, 1.165) is 0 Å². The zero-order chi connectivity index (χ0) is 11.4. The molecule has 0 aromatic carbocycles. The maximum atomic E-state index is 11.5. The number of rotatable bonds is 3. The molecule has 6 nitrogen and oxygen atoms in total. The number of nitrogens with zero attached hydrogens (tertiary/aromatic N) is 2. The van der Waals surface area contributed by atoms with Gasteiger partial charge in [0.2, 0.25) is 11.8 Å². The van der Waals surface area contributed by atoms with Gasteiger partial charge in [0.15, 0.2) is 0 Å². The average Bonchev–Trinajstić information content (AvgIpc) is 2.24. The molecule has 1 saturated heterocycles. The molecule has 2 amide bonds. The van der Waals surface area contributed by atoms with Crippen LogP contribution in [0.5, 0.6) is 0 Å². The normalized spacial score (nSPS) is 26.5. The van der Waals surface area contributed by atoms with Gasteiger partial charge in [0.05, 0.1) is 12.1 Å². The van der Waals surface area contributed by atoms with E-state index in [1.807, 2.05) is 0 Å². The van der Waals surface area contributed by atoms with E-state index in [0.29, 0.717) is 18.0 Å². The molecule has 0 aromatic rings. The average molecular weight is 212 g/mol. The third-order valence-electron chi connectivity index (χ3n) is 2.46. The van der Waals surface area contributed by atoms with Crippen molar-refractivity contribution < 1.29 is 9.59 Å². The van der Waals surface area contributed by atoms with Crippen LogP contribution in [0.4, 0.5) is 0 Å². The topological polar surface area (TPSA) is 84.8 Å². The van der Waals surface area contributed by atoms with E-state index in [1.165, 1.54) is 0 Å². The zero-order valence-electron chi connectivity index (χ0n) is 8.60. The summed E-state index contributed by atoms with van der Waals surface area (Å²) in [6, 6.07) is 0. The van der Waals surface area contributed by atoms with Gasteiger partial charge in [-0.2, -0.15) is 0 Å². The van der Waals surface area contributed by atoms with Crippen LogP contribution in [0.1, 0.15) is 19.8 Å². The Morgan fingerprint density at radius 2 is 2.47 bits per heavy atom. The van der Waals surface area contributed by atoms with Crippen molar-refractivity contribution in [1.82, 2.24) is 10.4 Å². The van der Waals surface area contributed by atoms with Crippen molar-refractivity contribution in [2.75, 3.05) is 6.54 Å². The van der Waals surface area contributed by atoms with Crippen molar-refractivity contribution in [3.8, 4) is 0 Å². The third kappa shape index (κ3) is 2.84. The van der Waals surface area contributed by atoms with Crippen molar-refractivity contribution in [1.29, 1.82) is 0 Å². The Bertz CT molecular complexity index is 280. The summed E-state index contributed by atoms with van der Waals surface area (Å²) < 4.78 is 0. The van der Waals surface area contributed by atoms with Gasteiger partial charge in [-0.1, -0.05) is 0 Å². The van der Waals surface area contributed by atoms with Crippen LogP contribution in [0.15, 0.2) is 4.99 Å². The molecule has 6 heteroatoms. The Hall–Kier alpha value is -1.27. The molecule has 0 saturated carbocycles. The molecule has 1 unspecified atom stereocenters. The van der Waals surface area contributed by atoms with Gasteiger partial charge in [0, 0.05) is 13.0 Å². The quantitative estimate of drug-likeness (QED) is 0.661. The summed E-state index contributed by atoms with van der Waals surface area (Å²) in [5, 5.41) is 14.5. The molecule has 15 heavy (non-hydrogen) atoms. The van der Waals surface area contributed by atoms with Gasteiger partial charge >= 0.3 is 0 Å². The van der Waals surface area contributed by atoms with Crippen molar-refractivity contribution >= 4 is 18.5 Å². The lowest BCUT2D eigenvalue weighted by Crippen LogP contribution is -2.54. The maximum Gasteiger partial charge on any atom is 0.245 e. The van der Waals surface area contributed by atoms with E-state index in [-0.39, 0.29) is 12.3 Å². The van der Waals surface area contributed by atoms with Crippen LogP contribution in [-0.2, 0) is 9.59 Å². The van der Waals surface area contributed by atoms with Crippen molar-refractivity contribution in [2.45, 2.75) is 25.9 Å². The summed E-state index contributed by atoms with van der Waals surface area (Å²) >= 11 is 0. The number of hydrogen-bond acceptors (Lipinski definition) is 4. The molecule has 84 valence electrons. The summed E-state index contributed by atoms with van der Waals surface area (Å²) in [6.45, 7) is 5.15. The highest BCUT2D eigenvalue weighted by molar-refractivity contribution is 5.83. The van der Waals surface area contributed by atoms with E-state index in [9.17, 15) is 14.8 Å². The molecule has 1 N–H and O–H groups in total. The molecule has 1 heterocycles. The molecule has 0 aliphatic carbocycles. The van der Waals surface area contributed by atoms with Crippen LogP contribution in [0, 0.1) is 11.1 Å². The van der Waals surface area contributed by atoms with E-state index in [2.05, 4.69) is 17.0 Å². The van der Waals surface area contributed by atoms with E-state index >= 15 is 0 Å². The summed E-state index contributed by atoms with van der Waals surface area (Å²) in [7, 11) is 0. The highest BCUT2D eigenvalue weighted by Crippen LogP contribution is 2.15. The predicted molar refractivity (Wildman–Crippen MR) is 55.0 cm³/mol. The van der Waals surface area contributed by atoms with Crippen LogP contribution in [0.25, 0.3) is 0 Å². The fourth-order valence-electron chi connectivity index (χ4n) is 1.46. The number of hydrogen-bond donors (Lipinski definition) is 1. The molecule has 0 spiro atoms. The monoisotopic (exact) mass is 212 g/mol. The fraction of sp³-hybridized carbons (Fsp3) is 0.667. The summed E-state index contributed by atoms with van der Waals surface area (Å²) in [5.74, 6) is -1.23. The lowest BCUT2D eigenvalue weighted by atomic mass is 9.99. The first-order valence-electron chi connectivity index (χ1n) is 4.79. The van der Waals surface area contributed by atoms with Crippen LogP contribution in [-0.4, -0.2) is 36.3 Å². The van der Waals surface area contributed by atoms with E-state index in [1.54, 1.807) is 6.92 Å². The number of carbonyl (C=O) groups is 2. The zero-order valence-corrected chi connectivity index (χ0v) is 8.60. The minimum absolute atomic E-state index is 0.157. The minimum atomic E-state index is -0.484. The molecular weight excluding hydrogens is 198 g/mol. The number of amides is 2. The first-order valence-corrected chi connectivity index (χ1v) is 4.79. The Morgan fingerprint density at radius 3 is 3.07 bits per heavy atom. The molecule has 1 fully saturated rings. The molecule has 0 aromatic heterocycles. The fourth-order valence-corrected chi connectivity index (χ4v) is 1.46. The lowest BCUT2D eigenvalue weighted by Gasteiger charge is -2.42. The van der Waals surface area contributed by atoms with Gasteiger partial charge in [0.25, 0.3) is 0 Å². The van der Waals surface area contributed by atoms with Gasteiger partial charge in [-0.15, -0.1) is 0 Å². The Morgan fingerprint density at radius 1 is 1.80 bits per heavy atom. The molecule has 1 rings (SSSR count). The van der Waals surface area contributed by atoms with Crippen molar-refractivity contribution in [3.05, 3.63) is 5.21 Å². The second-order valence-electron chi connectivity index (χ2n) is 3.54. The molecule has 1 aliphatic rings. The molecule has 1 aliphatic heterocycles. The van der Waals surface area contributed by atoms with Crippen molar-refractivity contribution in [2.24, 2.45) is 10.9 Å². The van der Waals surface area contributed by atoms with E-state index < -0.39 is 18.0 Å². The minimum Gasteiger partial charge on any atom is -0.755 e. The van der Waals surface area contributed by atoms with Crippen LogP contribution in [0.3, 0.4) is 0 Å².